The van der Waals surface area contributed by atoms with Gasteiger partial charge < -0.3 is 20.6 Å². The Balaban J connectivity index is 2.00. The molecular formula is C22H14N6O3. The summed E-state index contributed by atoms with van der Waals surface area (Å²) in [5.41, 5.74) is 12.3. The molecule has 31 heavy (non-hydrogen) atoms. The van der Waals surface area contributed by atoms with Crippen LogP contribution in [0.1, 0.15) is 32.9 Å². The summed E-state index contributed by atoms with van der Waals surface area (Å²) in [6.45, 7) is 0. The Hall–Kier alpha value is -5.07. The fraction of sp³-hybridized carbons (Fsp3) is 0.0455. The SMILES string of the molecule is COC(=O)c1ccc(-c2ccc(C=C(C#N)c3nc(N)c(C#N)c(N)c3C#N)o2)cc1. The maximum Gasteiger partial charge on any atom is 0.337 e. The number of nitrogens with zero attached hydrogens (tertiary/aromatic N) is 4. The Labute approximate surface area is 177 Å². The van der Waals surface area contributed by atoms with E-state index in [4.69, 9.17) is 21.1 Å². The predicted octanol–water partition coefficient (Wildman–Crippen LogP) is 3.10. The van der Waals surface area contributed by atoms with E-state index in [1.54, 1.807) is 42.5 Å². The number of hydrogen-bond acceptors (Lipinski definition) is 9. The minimum atomic E-state index is -0.449. The van der Waals surface area contributed by atoms with E-state index in [0.29, 0.717) is 22.6 Å². The third kappa shape index (κ3) is 3.91. The van der Waals surface area contributed by atoms with Gasteiger partial charge in [-0.1, -0.05) is 12.1 Å². The lowest BCUT2D eigenvalue weighted by Crippen LogP contribution is -2.07. The van der Waals surface area contributed by atoms with Gasteiger partial charge in [-0.05, 0) is 24.3 Å². The van der Waals surface area contributed by atoms with Crippen molar-refractivity contribution in [3.8, 4) is 29.5 Å². The maximum atomic E-state index is 11.5. The van der Waals surface area contributed by atoms with Crippen LogP contribution in [-0.2, 0) is 4.74 Å². The second kappa shape index (κ2) is 8.52. The predicted molar refractivity (Wildman–Crippen MR) is 111 cm³/mol. The number of benzene rings is 1. The Kier molecular flexibility index (Phi) is 5.68. The van der Waals surface area contributed by atoms with Crippen LogP contribution in [-0.4, -0.2) is 18.1 Å². The number of aromatic nitrogens is 1. The Morgan fingerprint density at radius 1 is 1.06 bits per heavy atom. The van der Waals surface area contributed by atoms with Gasteiger partial charge >= 0.3 is 5.97 Å². The second-order valence-electron chi connectivity index (χ2n) is 6.17. The molecule has 0 bridgehead atoms. The molecule has 0 unspecified atom stereocenters. The highest BCUT2D eigenvalue weighted by Crippen LogP contribution is 2.30. The van der Waals surface area contributed by atoms with Crippen LogP contribution in [0.15, 0.2) is 40.8 Å². The molecule has 0 radical (unpaired) electrons. The van der Waals surface area contributed by atoms with Crippen molar-refractivity contribution < 1.29 is 13.9 Å². The van der Waals surface area contributed by atoms with Crippen molar-refractivity contribution in [1.29, 1.82) is 15.8 Å². The van der Waals surface area contributed by atoms with Gasteiger partial charge in [-0.3, -0.25) is 0 Å². The van der Waals surface area contributed by atoms with Crippen LogP contribution in [0.5, 0.6) is 0 Å². The monoisotopic (exact) mass is 410 g/mol. The Morgan fingerprint density at radius 3 is 2.32 bits per heavy atom. The standard InChI is InChI=1S/C22H14N6O3/c1-30-22(29)13-4-2-12(3-5-13)18-7-6-15(31-18)8-14(9-23)20-16(10-24)19(26)17(11-25)21(27)28-20/h2-8H,1H3,(H4,26,27,28). The van der Waals surface area contributed by atoms with Crippen LogP contribution < -0.4 is 11.5 Å². The number of furan rings is 1. The smallest absolute Gasteiger partial charge is 0.337 e. The van der Waals surface area contributed by atoms with Crippen LogP contribution in [0.2, 0.25) is 0 Å². The molecule has 0 saturated heterocycles. The summed E-state index contributed by atoms with van der Waals surface area (Å²) in [5.74, 6) is 0.180. The number of hydrogen-bond donors (Lipinski definition) is 2. The first-order chi connectivity index (χ1) is 14.9. The number of pyridine rings is 1. The number of nitrogens with two attached hydrogens (primary N) is 2. The van der Waals surface area contributed by atoms with Crippen molar-refractivity contribution in [3.05, 3.63) is 64.5 Å². The largest absolute Gasteiger partial charge is 0.465 e. The van der Waals surface area contributed by atoms with Gasteiger partial charge in [0.15, 0.2) is 0 Å². The summed E-state index contributed by atoms with van der Waals surface area (Å²) in [6.07, 6.45) is 1.39. The van der Waals surface area contributed by atoms with Crippen LogP contribution >= 0.6 is 0 Å². The van der Waals surface area contributed by atoms with E-state index in [9.17, 15) is 15.3 Å². The molecule has 2 aromatic heterocycles. The lowest BCUT2D eigenvalue weighted by atomic mass is 10.0. The molecule has 0 atom stereocenters. The number of allylic oxidation sites excluding steroid dienone is 1. The Morgan fingerprint density at radius 2 is 1.74 bits per heavy atom. The van der Waals surface area contributed by atoms with Gasteiger partial charge in [0.25, 0.3) is 0 Å². The van der Waals surface area contributed by atoms with Crippen molar-refractivity contribution in [2.75, 3.05) is 18.6 Å². The van der Waals surface area contributed by atoms with Crippen molar-refractivity contribution in [3.63, 3.8) is 0 Å². The van der Waals surface area contributed by atoms with Crippen LogP contribution in [0, 0.1) is 34.0 Å². The van der Waals surface area contributed by atoms with E-state index in [2.05, 4.69) is 9.72 Å². The van der Waals surface area contributed by atoms with E-state index in [1.165, 1.54) is 13.2 Å². The molecule has 0 saturated carbocycles. The van der Waals surface area contributed by atoms with Gasteiger partial charge in [-0.25, -0.2) is 9.78 Å². The summed E-state index contributed by atoms with van der Waals surface area (Å²) in [4.78, 5) is 15.6. The molecule has 0 aliphatic carbocycles. The molecule has 0 aliphatic rings. The zero-order valence-corrected chi connectivity index (χ0v) is 16.2. The summed E-state index contributed by atoms with van der Waals surface area (Å²) in [5, 5.41) is 28.2. The first kappa shape index (κ1) is 20.7. The maximum absolute atomic E-state index is 11.5. The van der Waals surface area contributed by atoms with Gasteiger partial charge in [0.05, 0.1) is 23.9 Å². The highest BCUT2D eigenvalue weighted by molar-refractivity contribution is 5.92. The molecule has 1 aromatic carbocycles. The van der Waals surface area contributed by atoms with E-state index in [-0.39, 0.29) is 33.9 Å². The van der Waals surface area contributed by atoms with Crippen LogP contribution in [0.4, 0.5) is 11.5 Å². The number of anilines is 2. The first-order valence-electron chi connectivity index (χ1n) is 8.73. The number of carbonyl (C=O) groups is 1. The van der Waals surface area contributed by atoms with E-state index < -0.39 is 5.97 Å². The highest BCUT2D eigenvalue weighted by Gasteiger charge is 2.19. The zero-order valence-electron chi connectivity index (χ0n) is 16.2. The van der Waals surface area contributed by atoms with Gasteiger partial charge in [0.2, 0.25) is 0 Å². The molecule has 3 rings (SSSR count). The second-order valence-corrected chi connectivity index (χ2v) is 6.17. The van der Waals surface area contributed by atoms with Crippen LogP contribution in [0.3, 0.4) is 0 Å². The van der Waals surface area contributed by atoms with Crippen molar-refractivity contribution >= 4 is 29.1 Å². The quantitative estimate of drug-likeness (QED) is 0.483. The number of carbonyl (C=O) groups excluding carboxylic acids is 1. The average Bonchev–Trinajstić information content (AvgIpc) is 3.25. The van der Waals surface area contributed by atoms with Crippen molar-refractivity contribution in [1.82, 2.24) is 4.98 Å². The normalized spacial score (nSPS) is 10.6. The lowest BCUT2D eigenvalue weighted by Gasteiger charge is -2.08. The summed E-state index contributed by atoms with van der Waals surface area (Å²) in [6, 6.07) is 15.5. The molecule has 0 spiro atoms. The molecule has 0 amide bonds. The fourth-order valence-electron chi connectivity index (χ4n) is 2.82. The summed E-state index contributed by atoms with van der Waals surface area (Å²) in [7, 11) is 1.30. The molecule has 2 heterocycles. The third-order valence-corrected chi connectivity index (χ3v) is 4.37. The van der Waals surface area contributed by atoms with Crippen molar-refractivity contribution in [2.45, 2.75) is 0 Å². The summed E-state index contributed by atoms with van der Waals surface area (Å²) < 4.78 is 10.4. The van der Waals surface area contributed by atoms with Crippen molar-refractivity contribution in [2.24, 2.45) is 0 Å². The minimum absolute atomic E-state index is 0.0126. The average molecular weight is 410 g/mol. The molecule has 0 fully saturated rings. The number of esters is 1. The lowest BCUT2D eigenvalue weighted by molar-refractivity contribution is 0.0600. The molecule has 3 aromatic rings. The molecule has 4 N–H and O–H groups in total. The van der Waals surface area contributed by atoms with Gasteiger partial charge in [0, 0.05) is 11.6 Å². The molecule has 0 aliphatic heterocycles. The first-order valence-corrected chi connectivity index (χ1v) is 8.73. The molecule has 150 valence electrons. The molecular weight excluding hydrogens is 396 g/mol. The van der Waals surface area contributed by atoms with E-state index in [1.807, 2.05) is 12.1 Å². The number of nitriles is 3. The fourth-order valence-corrected chi connectivity index (χ4v) is 2.82. The topological polar surface area (TPSA) is 176 Å². The summed E-state index contributed by atoms with van der Waals surface area (Å²) >= 11 is 0. The van der Waals surface area contributed by atoms with E-state index >= 15 is 0 Å². The highest BCUT2D eigenvalue weighted by atomic mass is 16.5. The molecule has 9 nitrogen and oxygen atoms in total. The minimum Gasteiger partial charge on any atom is -0.465 e. The zero-order chi connectivity index (χ0) is 22.5. The third-order valence-electron chi connectivity index (χ3n) is 4.37. The Bertz CT molecular complexity index is 1330. The number of nitrogen functional groups attached to an aromatic ring is 2. The van der Waals surface area contributed by atoms with Gasteiger partial charge in [-0.15, -0.1) is 0 Å². The number of rotatable bonds is 4. The number of ether oxygens (including phenoxy) is 1. The van der Waals surface area contributed by atoms with E-state index in [0.717, 1.165) is 0 Å². The van der Waals surface area contributed by atoms with Gasteiger partial charge in [-0.2, -0.15) is 15.8 Å². The van der Waals surface area contributed by atoms with Crippen LogP contribution in [0.25, 0.3) is 23.0 Å². The molecule has 9 heteroatoms. The van der Waals surface area contributed by atoms with Gasteiger partial charge in [0.1, 0.15) is 52.4 Å². The number of methoxy groups -OCH3 is 1.